The number of hydrogen-bond donors (Lipinski definition) is 2. The van der Waals surface area contributed by atoms with Gasteiger partial charge in [-0.05, 0) is 31.8 Å². The molecule has 0 spiro atoms. The third-order valence-corrected chi connectivity index (χ3v) is 6.54. The largest absolute Gasteiger partial charge is 0.462 e. The van der Waals surface area contributed by atoms with E-state index in [9.17, 15) is 19.8 Å². The molecule has 176 valence electrons. The maximum atomic E-state index is 12.7. The zero-order valence-corrected chi connectivity index (χ0v) is 19.3. The van der Waals surface area contributed by atoms with E-state index in [1.807, 2.05) is 33.8 Å². The number of methoxy groups -OCH3 is 1. The van der Waals surface area contributed by atoms with Crippen LogP contribution in [0.1, 0.15) is 53.4 Å². The molecule has 8 atom stereocenters. The van der Waals surface area contributed by atoms with Crippen molar-refractivity contribution in [2.75, 3.05) is 13.7 Å². The van der Waals surface area contributed by atoms with Gasteiger partial charge in [-0.2, -0.15) is 0 Å². The number of aliphatic hydroxyl groups excluding tert-OH is 2. The van der Waals surface area contributed by atoms with Gasteiger partial charge < -0.3 is 24.4 Å². The van der Waals surface area contributed by atoms with Crippen LogP contribution < -0.4 is 0 Å². The number of ketones is 1. The number of esters is 1. The Hall–Kier alpha value is -1.54. The fourth-order valence-corrected chi connectivity index (χ4v) is 4.54. The molecule has 2 rings (SSSR count). The first-order valence-electron chi connectivity index (χ1n) is 11.3. The quantitative estimate of drug-likeness (QED) is 0.653. The Bertz CT molecular complexity index is 671. The molecule has 0 unspecified atom stereocenters. The van der Waals surface area contributed by atoms with Crippen molar-refractivity contribution in [2.24, 2.45) is 23.7 Å². The maximum absolute atomic E-state index is 12.7. The summed E-state index contributed by atoms with van der Waals surface area (Å²) in [5.41, 5.74) is 0.816. The van der Waals surface area contributed by atoms with Gasteiger partial charge in [0.2, 0.25) is 0 Å². The summed E-state index contributed by atoms with van der Waals surface area (Å²) in [5, 5.41) is 20.6. The van der Waals surface area contributed by atoms with Gasteiger partial charge in [0.25, 0.3) is 0 Å². The molecule has 2 heterocycles. The Morgan fingerprint density at radius 2 is 1.90 bits per heavy atom. The molecule has 1 saturated heterocycles. The molecule has 0 aromatic rings. The summed E-state index contributed by atoms with van der Waals surface area (Å²) in [6.45, 7) is 7.29. The van der Waals surface area contributed by atoms with E-state index in [4.69, 9.17) is 14.2 Å². The highest BCUT2D eigenvalue weighted by Gasteiger charge is 2.42. The van der Waals surface area contributed by atoms with Gasteiger partial charge in [-0.1, -0.05) is 38.5 Å². The molecular formula is C24H38O7. The lowest BCUT2D eigenvalue weighted by molar-refractivity contribution is -0.158. The Morgan fingerprint density at radius 3 is 2.52 bits per heavy atom. The van der Waals surface area contributed by atoms with Gasteiger partial charge >= 0.3 is 5.97 Å². The van der Waals surface area contributed by atoms with Crippen LogP contribution in [0.3, 0.4) is 0 Å². The Labute approximate surface area is 185 Å². The lowest BCUT2D eigenvalue weighted by Gasteiger charge is -2.30. The van der Waals surface area contributed by atoms with Crippen LogP contribution in [0.25, 0.3) is 0 Å². The molecule has 0 amide bonds. The third-order valence-electron chi connectivity index (χ3n) is 6.54. The number of carbonyl (C=O) groups excluding carboxylic acids is 2. The number of rotatable bonds is 3. The third kappa shape index (κ3) is 6.97. The Morgan fingerprint density at radius 1 is 1.19 bits per heavy atom. The predicted molar refractivity (Wildman–Crippen MR) is 116 cm³/mol. The van der Waals surface area contributed by atoms with Gasteiger partial charge in [0.15, 0.2) is 12.1 Å². The standard InChI is InChI=1S/C24H38O7/c1-6-21-18(13-25)9-14(2)7-8-19(26)15(3)10-17-11-23(29-5)31-24(17)16(4)20(27)12-22(28)30-21/h7-9,15-18,20-21,23-25,27H,6,10-13H2,1-5H3/b8-7+,14-9+/t15-,16+,17-,18-,20-,21-,23-,24-/m1/s1. The van der Waals surface area contributed by atoms with E-state index in [-0.39, 0.29) is 42.7 Å². The molecule has 1 fully saturated rings. The first kappa shape index (κ1) is 25.7. The number of fused-ring (bicyclic) bond motifs is 1. The van der Waals surface area contributed by atoms with E-state index < -0.39 is 30.4 Å². The molecule has 0 aliphatic carbocycles. The summed E-state index contributed by atoms with van der Waals surface area (Å²) in [7, 11) is 1.58. The molecule has 0 saturated carbocycles. The fraction of sp³-hybridized carbons (Fsp3) is 0.750. The number of ether oxygens (including phenoxy) is 3. The van der Waals surface area contributed by atoms with Gasteiger partial charge in [0.1, 0.15) is 6.10 Å². The Balaban J connectivity index is 2.34. The molecule has 2 aliphatic heterocycles. The van der Waals surface area contributed by atoms with Crippen LogP contribution in [0.2, 0.25) is 0 Å². The molecule has 31 heavy (non-hydrogen) atoms. The molecule has 0 bridgehead atoms. The SMILES string of the molecule is CC[C@H]1OC(=O)C[C@@H](O)[C@H](C)[C@H]2O[C@@H](OC)C[C@H]2C[C@@H](C)C(=O)/C=C/C(C)=C/[C@@H]1CO. The average Bonchev–Trinajstić information content (AvgIpc) is 3.15. The van der Waals surface area contributed by atoms with Crippen molar-refractivity contribution < 1.29 is 34.0 Å². The number of hydrogen-bond acceptors (Lipinski definition) is 7. The van der Waals surface area contributed by atoms with Crippen LogP contribution in [0.15, 0.2) is 23.8 Å². The molecule has 0 aromatic carbocycles. The van der Waals surface area contributed by atoms with Crippen molar-refractivity contribution >= 4 is 11.8 Å². The summed E-state index contributed by atoms with van der Waals surface area (Å²) in [4.78, 5) is 25.2. The average molecular weight is 439 g/mol. The number of carbonyl (C=O) groups is 2. The van der Waals surface area contributed by atoms with Crippen LogP contribution in [0, 0.1) is 23.7 Å². The second-order valence-corrected chi connectivity index (χ2v) is 8.96. The summed E-state index contributed by atoms with van der Waals surface area (Å²) in [5.74, 6) is -1.39. The van der Waals surface area contributed by atoms with E-state index in [1.54, 1.807) is 19.3 Å². The topological polar surface area (TPSA) is 102 Å². The van der Waals surface area contributed by atoms with Gasteiger partial charge in [0.05, 0.1) is 25.2 Å². The minimum atomic E-state index is -0.947. The number of cyclic esters (lactones) is 1. The van der Waals surface area contributed by atoms with Crippen molar-refractivity contribution in [1.29, 1.82) is 0 Å². The molecule has 7 heteroatoms. The minimum absolute atomic E-state index is 0.0201. The maximum Gasteiger partial charge on any atom is 0.308 e. The summed E-state index contributed by atoms with van der Waals surface area (Å²) >= 11 is 0. The van der Waals surface area contributed by atoms with Crippen molar-refractivity contribution in [3.63, 3.8) is 0 Å². The predicted octanol–water partition coefficient (Wildman–Crippen LogP) is 2.79. The zero-order valence-electron chi connectivity index (χ0n) is 19.3. The van der Waals surface area contributed by atoms with Crippen molar-refractivity contribution in [1.82, 2.24) is 0 Å². The second-order valence-electron chi connectivity index (χ2n) is 8.96. The van der Waals surface area contributed by atoms with Crippen LogP contribution in [0.4, 0.5) is 0 Å². The summed E-state index contributed by atoms with van der Waals surface area (Å²) in [6, 6.07) is 0. The monoisotopic (exact) mass is 438 g/mol. The van der Waals surface area contributed by atoms with Crippen molar-refractivity contribution in [3.05, 3.63) is 23.8 Å². The van der Waals surface area contributed by atoms with Crippen LogP contribution in [-0.2, 0) is 23.8 Å². The summed E-state index contributed by atoms with van der Waals surface area (Å²) < 4.78 is 17.0. The van der Waals surface area contributed by atoms with Crippen LogP contribution in [0.5, 0.6) is 0 Å². The smallest absolute Gasteiger partial charge is 0.308 e. The van der Waals surface area contributed by atoms with Gasteiger partial charge in [-0.15, -0.1) is 0 Å². The lowest BCUT2D eigenvalue weighted by Crippen LogP contribution is -2.37. The van der Waals surface area contributed by atoms with E-state index in [0.717, 1.165) is 5.57 Å². The van der Waals surface area contributed by atoms with Gasteiger partial charge in [-0.25, -0.2) is 0 Å². The van der Waals surface area contributed by atoms with Gasteiger partial charge in [0, 0.05) is 31.3 Å². The van der Waals surface area contributed by atoms with Crippen LogP contribution in [-0.4, -0.2) is 60.3 Å². The highest BCUT2D eigenvalue weighted by molar-refractivity contribution is 5.91. The molecule has 2 aliphatic rings. The number of allylic oxidation sites excluding steroid dienone is 3. The summed E-state index contributed by atoms with van der Waals surface area (Å²) in [6.07, 6.45) is 4.57. The van der Waals surface area contributed by atoms with Crippen molar-refractivity contribution in [2.45, 2.75) is 78.0 Å². The second kappa shape index (κ2) is 11.9. The Kier molecular flexibility index (Phi) is 9.88. The minimum Gasteiger partial charge on any atom is -0.462 e. The highest BCUT2D eigenvalue weighted by Crippen LogP contribution is 2.37. The zero-order chi connectivity index (χ0) is 23.1. The molecule has 0 radical (unpaired) electrons. The first-order chi connectivity index (χ1) is 14.7. The first-order valence-corrected chi connectivity index (χ1v) is 11.3. The normalized spacial score (nSPS) is 41.2. The lowest BCUT2D eigenvalue weighted by atomic mass is 9.81. The van der Waals surface area contributed by atoms with E-state index in [2.05, 4.69) is 0 Å². The molecule has 0 aromatic heterocycles. The molecule has 2 N–H and O–H groups in total. The van der Waals surface area contributed by atoms with Gasteiger partial charge in [-0.3, -0.25) is 9.59 Å². The fourth-order valence-electron chi connectivity index (χ4n) is 4.54. The number of aliphatic hydroxyl groups is 2. The van der Waals surface area contributed by atoms with E-state index in [0.29, 0.717) is 19.3 Å². The molecular weight excluding hydrogens is 400 g/mol. The van der Waals surface area contributed by atoms with Crippen LogP contribution >= 0.6 is 0 Å². The van der Waals surface area contributed by atoms with E-state index >= 15 is 0 Å². The highest BCUT2D eigenvalue weighted by atomic mass is 16.7. The molecule has 7 nitrogen and oxygen atoms in total. The van der Waals surface area contributed by atoms with Crippen molar-refractivity contribution in [3.8, 4) is 0 Å². The van der Waals surface area contributed by atoms with E-state index in [1.165, 1.54) is 0 Å².